The predicted molar refractivity (Wildman–Crippen MR) is 95.3 cm³/mol. The molecule has 2 atom stereocenters. The third-order valence-electron chi connectivity index (χ3n) is 4.38. The maximum absolute atomic E-state index is 12.9. The number of rotatable bonds is 5. The zero-order chi connectivity index (χ0) is 16.9. The summed E-state index contributed by atoms with van der Waals surface area (Å²) in [6.07, 6.45) is 4.46. The van der Waals surface area contributed by atoms with Crippen LogP contribution in [0.2, 0.25) is 0 Å². The molecular formula is C19H22N2O2S. The average Bonchev–Trinajstić information content (AvgIpc) is 3.17. The van der Waals surface area contributed by atoms with E-state index in [0.29, 0.717) is 10.6 Å². The Balaban J connectivity index is 1.77. The van der Waals surface area contributed by atoms with Gasteiger partial charge in [0, 0.05) is 19.3 Å². The van der Waals surface area contributed by atoms with Crippen LogP contribution in [-0.2, 0) is 10.8 Å². The van der Waals surface area contributed by atoms with Crippen molar-refractivity contribution in [2.24, 2.45) is 0 Å². The lowest BCUT2D eigenvalue weighted by Crippen LogP contribution is -2.27. The van der Waals surface area contributed by atoms with Crippen molar-refractivity contribution < 1.29 is 9.00 Å². The molecule has 0 spiro atoms. The highest BCUT2D eigenvalue weighted by Crippen LogP contribution is 2.27. The van der Waals surface area contributed by atoms with Crippen LogP contribution >= 0.6 is 0 Å². The van der Waals surface area contributed by atoms with Crippen LogP contribution in [0.25, 0.3) is 0 Å². The topological polar surface area (TPSA) is 50.3 Å². The molecule has 0 bridgehead atoms. The summed E-state index contributed by atoms with van der Waals surface area (Å²) in [5.74, 6) is 0.0208. The Morgan fingerprint density at radius 1 is 1.17 bits per heavy atom. The highest BCUT2D eigenvalue weighted by Gasteiger charge is 2.22. The molecule has 1 amide bonds. The first-order valence-corrected chi connectivity index (χ1v) is 9.63. The summed E-state index contributed by atoms with van der Waals surface area (Å²) in [6, 6.07) is 13.3. The van der Waals surface area contributed by atoms with Crippen LogP contribution in [0, 0.1) is 0 Å². The van der Waals surface area contributed by atoms with Gasteiger partial charge in [-0.15, -0.1) is 0 Å². The second-order valence-corrected chi connectivity index (χ2v) is 7.57. The largest absolute Gasteiger partial charge is 0.339 e. The van der Waals surface area contributed by atoms with E-state index in [4.69, 9.17) is 0 Å². The SMILES string of the molecule is CC[C@@H](c1ccccc1)[S@](=O)c1ccc(C(=O)N2CCCC2)cn1. The van der Waals surface area contributed by atoms with Gasteiger partial charge in [-0.25, -0.2) is 4.98 Å². The fraction of sp³-hybridized carbons (Fsp3) is 0.368. The van der Waals surface area contributed by atoms with Gasteiger partial charge in [-0.05, 0) is 37.0 Å². The third-order valence-corrected chi connectivity index (χ3v) is 6.16. The Morgan fingerprint density at radius 3 is 2.46 bits per heavy atom. The summed E-state index contributed by atoms with van der Waals surface area (Å²) in [5.41, 5.74) is 1.63. The molecule has 126 valence electrons. The lowest BCUT2D eigenvalue weighted by Gasteiger charge is -2.16. The predicted octanol–water partition coefficient (Wildman–Crippen LogP) is 3.58. The standard InChI is InChI=1S/C19H22N2O2S/c1-2-17(15-8-4-3-5-9-15)24(23)18-11-10-16(14-20-18)19(22)21-12-6-7-13-21/h3-5,8-11,14,17H,2,6-7,12-13H2,1H3/t17-,24-/m0/s1. The maximum Gasteiger partial charge on any atom is 0.255 e. The van der Waals surface area contributed by atoms with Crippen LogP contribution in [0.15, 0.2) is 53.7 Å². The number of likely N-dealkylation sites (tertiary alicyclic amines) is 1. The first kappa shape index (κ1) is 16.8. The van der Waals surface area contributed by atoms with Crippen molar-refractivity contribution in [1.29, 1.82) is 0 Å². The second kappa shape index (κ2) is 7.71. The molecule has 1 aromatic heterocycles. The minimum Gasteiger partial charge on any atom is -0.339 e. The molecule has 1 fully saturated rings. The Morgan fingerprint density at radius 2 is 1.88 bits per heavy atom. The van der Waals surface area contributed by atoms with E-state index in [1.807, 2.05) is 42.2 Å². The van der Waals surface area contributed by atoms with Crippen LogP contribution in [0.4, 0.5) is 0 Å². The molecule has 1 aliphatic rings. The lowest BCUT2D eigenvalue weighted by atomic mass is 10.1. The van der Waals surface area contributed by atoms with Crippen LogP contribution in [-0.4, -0.2) is 33.1 Å². The third kappa shape index (κ3) is 3.56. The lowest BCUT2D eigenvalue weighted by molar-refractivity contribution is 0.0792. The first-order chi connectivity index (χ1) is 11.7. The summed E-state index contributed by atoms with van der Waals surface area (Å²) in [6.45, 7) is 3.66. The molecule has 0 unspecified atom stereocenters. The van der Waals surface area contributed by atoms with Gasteiger partial charge in [0.15, 0.2) is 0 Å². The molecule has 0 aliphatic carbocycles. The van der Waals surface area contributed by atoms with Crippen molar-refractivity contribution in [3.05, 3.63) is 59.8 Å². The van der Waals surface area contributed by atoms with E-state index in [0.717, 1.165) is 37.9 Å². The van der Waals surface area contributed by atoms with Crippen molar-refractivity contribution in [2.75, 3.05) is 13.1 Å². The molecule has 24 heavy (non-hydrogen) atoms. The van der Waals surface area contributed by atoms with E-state index in [-0.39, 0.29) is 11.2 Å². The molecular weight excluding hydrogens is 320 g/mol. The van der Waals surface area contributed by atoms with Crippen LogP contribution < -0.4 is 0 Å². The summed E-state index contributed by atoms with van der Waals surface area (Å²) < 4.78 is 12.9. The van der Waals surface area contributed by atoms with Crippen molar-refractivity contribution >= 4 is 16.7 Å². The number of aromatic nitrogens is 1. The zero-order valence-corrected chi connectivity index (χ0v) is 14.7. The molecule has 5 heteroatoms. The van der Waals surface area contributed by atoms with E-state index in [2.05, 4.69) is 4.98 Å². The van der Waals surface area contributed by atoms with Gasteiger partial charge < -0.3 is 4.90 Å². The number of hydrogen-bond acceptors (Lipinski definition) is 3. The fourth-order valence-electron chi connectivity index (χ4n) is 3.05. The molecule has 0 radical (unpaired) electrons. The monoisotopic (exact) mass is 342 g/mol. The smallest absolute Gasteiger partial charge is 0.255 e. The first-order valence-electron chi connectivity index (χ1n) is 8.41. The number of hydrogen-bond donors (Lipinski definition) is 0. The Hall–Kier alpha value is -2.01. The van der Waals surface area contributed by atoms with Crippen molar-refractivity contribution in [1.82, 2.24) is 9.88 Å². The summed E-state index contributed by atoms with van der Waals surface area (Å²) >= 11 is 0. The van der Waals surface area contributed by atoms with E-state index >= 15 is 0 Å². The van der Waals surface area contributed by atoms with Crippen LogP contribution in [0.3, 0.4) is 0 Å². The van der Waals surface area contributed by atoms with Gasteiger partial charge in [0.1, 0.15) is 5.03 Å². The van der Waals surface area contributed by atoms with Crippen LogP contribution in [0.5, 0.6) is 0 Å². The van der Waals surface area contributed by atoms with E-state index in [1.54, 1.807) is 18.3 Å². The number of carbonyl (C=O) groups excluding carboxylic acids is 1. The van der Waals surface area contributed by atoms with Gasteiger partial charge in [-0.2, -0.15) is 0 Å². The van der Waals surface area contributed by atoms with Gasteiger partial charge in [-0.3, -0.25) is 9.00 Å². The molecule has 3 rings (SSSR count). The van der Waals surface area contributed by atoms with Crippen molar-refractivity contribution in [3.63, 3.8) is 0 Å². The molecule has 2 aromatic rings. The Bertz CT molecular complexity index is 710. The van der Waals surface area contributed by atoms with E-state index in [1.165, 1.54) is 0 Å². The molecule has 0 N–H and O–H groups in total. The molecule has 1 aromatic carbocycles. The number of nitrogens with zero attached hydrogens (tertiary/aromatic N) is 2. The normalized spacial score (nSPS) is 16.8. The van der Waals surface area contributed by atoms with Crippen molar-refractivity contribution in [3.8, 4) is 0 Å². The summed E-state index contributed by atoms with van der Waals surface area (Å²) in [7, 11) is -1.23. The van der Waals surface area contributed by atoms with Gasteiger partial charge >= 0.3 is 0 Å². The zero-order valence-electron chi connectivity index (χ0n) is 13.9. The number of benzene rings is 1. The molecule has 2 heterocycles. The molecule has 1 aliphatic heterocycles. The molecule has 4 nitrogen and oxygen atoms in total. The van der Waals surface area contributed by atoms with Gasteiger partial charge in [-0.1, -0.05) is 37.3 Å². The summed E-state index contributed by atoms with van der Waals surface area (Å²) in [5, 5.41) is 0.447. The van der Waals surface area contributed by atoms with Crippen LogP contribution in [0.1, 0.15) is 47.4 Å². The minimum absolute atomic E-state index is 0.0208. The van der Waals surface area contributed by atoms with Gasteiger partial charge in [0.05, 0.1) is 21.6 Å². The minimum atomic E-state index is -1.23. The van der Waals surface area contributed by atoms with Gasteiger partial charge in [0.25, 0.3) is 5.91 Å². The quantitative estimate of drug-likeness (QED) is 0.834. The van der Waals surface area contributed by atoms with Crippen molar-refractivity contribution in [2.45, 2.75) is 36.5 Å². The van der Waals surface area contributed by atoms with Gasteiger partial charge in [0.2, 0.25) is 0 Å². The Kier molecular flexibility index (Phi) is 5.41. The highest BCUT2D eigenvalue weighted by atomic mass is 32.2. The van der Waals surface area contributed by atoms with E-state index in [9.17, 15) is 9.00 Å². The Labute approximate surface area is 145 Å². The van der Waals surface area contributed by atoms with E-state index < -0.39 is 10.8 Å². The number of carbonyl (C=O) groups is 1. The molecule has 1 saturated heterocycles. The number of amides is 1. The molecule has 0 saturated carbocycles. The second-order valence-electron chi connectivity index (χ2n) is 5.99. The highest BCUT2D eigenvalue weighted by molar-refractivity contribution is 7.85. The fourth-order valence-corrected chi connectivity index (χ4v) is 4.41. The summed E-state index contributed by atoms with van der Waals surface area (Å²) in [4.78, 5) is 18.5. The number of pyridine rings is 1. The maximum atomic E-state index is 12.9. The average molecular weight is 342 g/mol.